The van der Waals surface area contributed by atoms with Crippen LogP contribution in [-0.2, 0) is 9.59 Å². The highest BCUT2D eigenvalue weighted by atomic mass is 32.1. The first-order valence-electron chi connectivity index (χ1n) is 10.5. The number of hydrogen-bond donors (Lipinski definition) is 3. The quantitative estimate of drug-likeness (QED) is 0.542. The van der Waals surface area contributed by atoms with E-state index in [0.717, 1.165) is 31.4 Å². The Morgan fingerprint density at radius 3 is 2.45 bits per heavy atom. The lowest BCUT2D eigenvalue weighted by atomic mass is 10.1. The molecule has 8 heteroatoms. The number of nitrogens with one attached hydrogen (secondary N) is 2. The zero-order valence-electron chi connectivity index (χ0n) is 18.0. The molecule has 0 spiro atoms. The van der Waals surface area contributed by atoms with Gasteiger partial charge in [-0.3, -0.25) is 19.3 Å². The summed E-state index contributed by atoms with van der Waals surface area (Å²) in [6.07, 6.45) is 3.48. The van der Waals surface area contributed by atoms with E-state index < -0.39 is 0 Å². The van der Waals surface area contributed by atoms with E-state index in [1.54, 1.807) is 11.3 Å². The van der Waals surface area contributed by atoms with E-state index in [4.69, 9.17) is 9.90 Å². The molecule has 1 aromatic carbocycles. The van der Waals surface area contributed by atoms with E-state index in [9.17, 15) is 9.59 Å². The molecule has 3 rings (SSSR count). The maximum absolute atomic E-state index is 12.5. The molecule has 1 aliphatic heterocycles. The largest absolute Gasteiger partial charge is 0.483 e. The second-order valence-electron chi connectivity index (χ2n) is 7.47. The Bertz CT molecular complexity index is 824. The number of carbonyl (C=O) groups excluding carboxylic acids is 2. The average molecular weight is 446 g/mol. The normalized spacial score (nSPS) is 18.0. The minimum atomic E-state index is -0.250. The summed E-state index contributed by atoms with van der Waals surface area (Å²) in [5.41, 5.74) is 1.81. The number of amides is 2. The van der Waals surface area contributed by atoms with E-state index in [2.05, 4.69) is 41.0 Å². The van der Waals surface area contributed by atoms with Crippen molar-refractivity contribution >= 4 is 29.6 Å². The predicted octanol–water partition coefficient (Wildman–Crippen LogP) is 3.22. The van der Waals surface area contributed by atoms with Gasteiger partial charge in [-0.2, -0.15) is 0 Å². The average Bonchev–Trinajstić information content (AvgIpc) is 3.42. The van der Waals surface area contributed by atoms with Gasteiger partial charge in [0.25, 0.3) is 12.4 Å². The predicted molar refractivity (Wildman–Crippen MR) is 123 cm³/mol. The lowest BCUT2D eigenvalue weighted by Gasteiger charge is -2.25. The van der Waals surface area contributed by atoms with Crippen LogP contribution in [0.3, 0.4) is 0 Å². The van der Waals surface area contributed by atoms with Gasteiger partial charge in [-0.15, -0.1) is 11.3 Å². The molecule has 7 nitrogen and oxygen atoms in total. The first-order chi connectivity index (χ1) is 15.0. The first kappa shape index (κ1) is 24.6. The van der Waals surface area contributed by atoms with Crippen LogP contribution in [0.25, 0.3) is 10.4 Å². The highest BCUT2D eigenvalue weighted by Gasteiger charge is 2.31. The summed E-state index contributed by atoms with van der Waals surface area (Å²) in [5, 5.41) is 14.9. The summed E-state index contributed by atoms with van der Waals surface area (Å²) in [4.78, 5) is 36.3. The Hall–Kier alpha value is -2.71. The van der Waals surface area contributed by atoms with E-state index in [1.807, 2.05) is 30.3 Å². The second-order valence-corrected chi connectivity index (χ2v) is 8.42. The summed E-state index contributed by atoms with van der Waals surface area (Å²) < 4.78 is 0. The van der Waals surface area contributed by atoms with Crippen molar-refractivity contribution in [3.05, 3.63) is 47.3 Å². The molecule has 0 unspecified atom stereocenters. The fourth-order valence-electron chi connectivity index (χ4n) is 3.67. The van der Waals surface area contributed by atoms with Gasteiger partial charge in [-0.1, -0.05) is 25.1 Å². The maximum atomic E-state index is 12.5. The van der Waals surface area contributed by atoms with Gasteiger partial charge in [-0.25, -0.2) is 0 Å². The summed E-state index contributed by atoms with van der Waals surface area (Å²) in [6.45, 7) is 3.14. The Kier molecular flexibility index (Phi) is 10.2. The standard InChI is InChI=1S/C22H29N3O2S.CH2O2/c1-3-12-23-21(26)14-18-10-11-19(25(18)2)15-24-22(27)17-8-6-16(7-9-17)20-5-4-13-28-20;2-1-3/h4-9,13,18-19H,3,10-12,14-15H2,1-2H3,(H,23,26)(H,24,27);1H,(H,2,3)/t18-,19+;/m1./s1. The number of likely N-dealkylation sites (N-methyl/N-ethyl adjacent to an activating group) is 1. The molecule has 2 amide bonds. The lowest BCUT2D eigenvalue weighted by molar-refractivity contribution is -0.123. The van der Waals surface area contributed by atoms with Crippen LogP contribution in [0.5, 0.6) is 0 Å². The van der Waals surface area contributed by atoms with Crippen molar-refractivity contribution in [3.63, 3.8) is 0 Å². The molecule has 2 atom stereocenters. The van der Waals surface area contributed by atoms with Crippen molar-refractivity contribution < 1.29 is 19.5 Å². The minimum absolute atomic E-state index is 0.0460. The van der Waals surface area contributed by atoms with E-state index in [-0.39, 0.29) is 30.4 Å². The van der Waals surface area contributed by atoms with Gasteiger partial charge in [0.1, 0.15) is 0 Å². The molecule has 0 aliphatic carbocycles. The van der Waals surface area contributed by atoms with Crippen LogP contribution in [-0.4, -0.2) is 60.5 Å². The highest BCUT2D eigenvalue weighted by Crippen LogP contribution is 2.25. The summed E-state index contributed by atoms with van der Waals surface area (Å²) >= 11 is 1.69. The fraction of sp³-hybridized carbons (Fsp3) is 0.435. The molecular weight excluding hydrogens is 414 g/mol. The van der Waals surface area contributed by atoms with Gasteiger partial charge < -0.3 is 15.7 Å². The van der Waals surface area contributed by atoms with Gasteiger partial charge in [0.15, 0.2) is 0 Å². The van der Waals surface area contributed by atoms with Crippen LogP contribution in [0, 0.1) is 0 Å². The molecule has 1 aromatic heterocycles. The van der Waals surface area contributed by atoms with Crippen LogP contribution in [0.15, 0.2) is 41.8 Å². The highest BCUT2D eigenvalue weighted by molar-refractivity contribution is 7.13. The van der Waals surface area contributed by atoms with Gasteiger partial charge in [0.2, 0.25) is 5.91 Å². The van der Waals surface area contributed by atoms with Crippen molar-refractivity contribution in [2.24, 2.45) is 0 Å². The number of thiophene rings is 1. The zero-order chi connectivity index (χ0) is 22.6. The molecule has 1 fully saturated rings. The smallest absolute Gasteiger partial charge is 0.290 e. The maximum Gasteiger partial charge on any atom is 0.290 e. The summed E-state index contributed by atoms with van der Waals surface area (Å²) in [7, 11) is 2.05. The molecule has 168 valence electrons. The van der Waals surface area contributed by atoms with Gasteiger partial charge >= 0.3 is 0 Å². The number of hydrogen-bond acceptors (Lipinski definition) is 5. The van der Waals surface area contributed by atoms with Crippen LogP contribution in [0.1, 0.15) is 43.0 Å². The molecule has 0 bridgehead atoms. The second kappa shape index (κ2) is 12.9. The third-order valence-corrected chi connectivity index (χ3v) is 6.35. The SMILES string of the molecule is CCCNC(=O)C[C@H]1CC[C@@H](CNC(=O)c2ccc(-c3cccs3)cc2)N1C.O=CO. The zero-order valence-corrected chi connectivity index (χ0v) is 18.9. The molecule has 2 aromatic rings. The van der Waals surface area contributed by atoms with Crippen molar-refractivity contribution in [2.75, 3.05) is 20.1 Å². The molecule has 1 saturated heterocycles. The lowest BCUT2D eigenvalue weighted by Crippen LogP contribution is -2.42. The number of likely N-dealkylation sites (tertiary alicyclic amines) is 1. The van der Waals surface area contributed by atoms with Crippen LogP contribution in [0.4, 0.5) is 0 Å². The molecule has 3 N–H and O–H groups in total. The number of rotatable bonds is 8. The molecule has 31 heavy (non-hydrogen) atoms. The Labute approximate surface area is 187 Å². The van der Waals surface area contributed by atoms with Gasteiger partial charge in [-0.05, 0) is 55.5 Å². The van der Waals surface area contributed by atoms with E-state index in [1.165, 1.54) is 4.88 Å². The Morgan fingerprint density at radius 1 is 1.16 bits per heavy atom. The number of carboxylic acid groups (broad SMARTS) is 1. The van der Waals surface area contributed by atoms with Gasteiger partial charge in [0, 0.05) is 42.0 Å². The summed E-state index contributed by atoms with van der Waals surface area (Å²) in [5.74, 6) is 0.0736. The molecule has 0 radical (unpaired) electrons. The van der Waals surface area contributed by atoms with Crippen LogP contribution >= 0.6 is 11.3 Å². The molecule has 1 aliphatic rings. The Balaban J connectivity index is 0.00000107. The van der Waals surface area contributed by atoms with Crippen molar-refractivity contribution in [3.8, 4) is 10.4 Å². The Morgan fingerprint density at radius 2 is 1.84 bits per heavy atom. The van der Waals surface area contributed by atoms with Gasteiger partial charge in [0.05, 0.1) is 0 Å². The molecular formula is C23H31N3O4S. The first-order valence-corrected chi connectivity index (χ1v) is 11.4. The fourth-order valence-corrected chi connectivity index (χ4v) is 4.41. The third-order valence-electron chi connectivity index (χ3n) is 5.43. The molecule has 2 heterocycles. The number of benzene rings is 1. The van der Waals surface area contributed by atoms with Crippen LogP contribution in [0.2, 0.25) is 0 Å². The monoisotopic (exact) mass is 445 g/mol. The van der Waals surface area contributed by atoms with Crippen molar-refractivity contribution in [1.29, 1.82) is 0 Å². The number of carbonyl (C=O) groups is 3. The number of nitrogens with zero attached hydrogens (tertiary/aromatic N) is 1. The topological polar surface area (TPSA) is 98.7 Å². The van der Waals surface area contributed by atoms with E-state index >= 15 is 0 Å². The van der Waals surface area contributed by atoms with Crippen molar-refractivity contribution in [1.82, 2.24) is 15.5 Å². The van der Waals surface area contributed by atoms with Crippen LogP contribution < -0.4 is 10.6 Å². The molecule has 0 saturated carbocycles. The summed E-state index contributed by atoms with van der Waals surface area (Å²) in [6, 6.07) is 12.4. The van der Waals surface area contributed by atoms with E-state index in [0.29, 0.717) is 18.5 Å². The van der Waals surface area contributed by atoms with Crippen molar-refractivity contribution in [2.45, 2.75) is 44.7 Å². The third kappa shape index (κ3) is 7.48. The minimum Gasteiger partial charge on any atom is -0.483 e.